The first-order chi connectivity index (χ1) is 10.1. The predicted molar refractivity (Wildman–Crippen MR) is 84.9 cm³/mol. The number of hydrogen-bond acceptors (Lipinski definition) is 2. The molecule has 2 N–H and O–H groups in total. The van der Waals surface area contributed by atoms with Crippen LogP contribution in [0, 0.1) is 23.7 Å². The highest BCUT2D eigenvalue weighted by molar-refractivity contribution is 5.70. The van der Waals surface area contributed by atoms with Gasteiger partial charge in [-0.3, -0.25) is 4.79 Å². The second-order valence-electron chi connectivity index (χ2n) is 6.74. The summed E-state index contributed by atoms with van der Waals surface area (Å²) in [4.78, 5) is 11.6. The average Bonchev–Trinajstić information content (AvgIpc) is 2.43. The molecule has 0 saturated heterocycles. The van der Waals surface area contributed by atoms with Gasteiger partial charge in [0.1, 0.15) is 0 Å². The fourth-order valence-electron chi connectivity index (χ4n) is 3.76. The molecule has 1 aromatic rings. The third kappa shape index (κ3) is 4.85. The SMILES string of the molecule is C[C@@H]1C[C@H](C)C[C@@H](C(CNCc2ccccc2)C(=O)O)C1. The summed E-state index contributed by atoms with van der Waals surface area (Å²) in [6.07, 6.45) is 3.34. The molecule has 1 aliphatic carbocycles. The van der Waals surface area contributed by atoms with Crippen molar-refractivity contribution in [3.63, 3.8) is 0 Å². The molecule has 1 saturated carbocycles. The van der Waals surface area contributed by atoms with Gasteiger partial charge in [-0.2, -0.15) is 0 Å². The van der Waals surface area contributed by atoms with Gasteiger partial charge < -0.3 is 10.4 Å². The molecule has 1 aliphatic rings. The predicted octanol–water partition coefficient (Wildman–Crippen LogP) is 3.55. The smallest absolute Gasteiger partial charge is 0.308 e. The molecule has 4 atom stereocenters. The lowest BCUT2D eigenvalue weighted by atomic mass is 9.71. The molecular weight excluding hydrogens is 262 g/mol. The minimum Gasteiger partial charge on any atom is -0.481 e. The second kappa shape index (κ2) is 7.60. The highest BCUT2D eigenvalue weighted by Crippen LogP contribution is 2.37. The molecule has 1 aromatic carbocycles. The molecule has 21 heavy (non-hydrogen) atoms. The van der Waals surface area contributed by atoms with Crippen LogP contribution in [0.3, 0.4) is 0 Å². The molecule has 0 bridgehead atoms. The van der Waals surface area contributed by atoms with E-state index < -0.39 is 5.97 Å². The van der Waals surface area contributed by atoms with Gasteiger partial charge >= 0.3 is 5.97 Å². The molecule has 0 radical (unpaired) electrons. The zero-order valence-corrected chi connectivity index (χ0v) is 13.1. The van der Waals surface area contributed by atoms with E-state index in [2.05, 4.69) is 31.3 Å². The molecule has 0 aliphatic heterocycles. The van der Waals surface area contributed by atoms with Gasteiger partial charge in [0, 0.05) is 13.1 Å². The van der Waals surface area contributed by atoms with E-state index in [1.165, 1.54) is 12.0 Å². The first-order valence-corrected chi connectivity index (χ1v) is 8.03. The maximum atomic E-state index is 11.6. The zero-order valence-electron chi connectivity index (χ0n) is 13.1. The van der Waals surface area contributed by atoms with Crippen molar-refractivity contribution in [1.82, 2.24) is 5.32 Å². The summed E-state index contributed by atoms with van der Waals surface area (Å²) in [6.45, 7) is 5.80. The highest BCUT2D eigenvalue weighted by Gasteiger charge is 2.33. The van der Waals surface area contributed by atoms with E-state index in [0.717, 1.165) is 19.4 Å². The minimum absolute atomic E-state index is 0.265. The van der Waals surface area contributed by atoms with Crippen LogP contribution in [-0.4, -0.2) is 17.6 Å². The van der Waals surface area contributed by atoms with Gasteiger partial charge in [-0.15, -0.1) is 0 Å². The van der Waals surface area contributed by atoms with Crippen molar-refractivity contribution < 1.29 is 9.90 Å². The van der Waals surface area contributed by atoms with Crippen LogP contribution in [0.1, 0.15) is 38.7 Å². The summed E-state index contributed by atoms with van der Waals surface area (Å²) >= 11 is 0. The van der Waals surface area contributed by atoms with Gasteiger partial charge in [-0.05, 0) is 42.6 Å². The van der Waals surface area contributed by atoms with Crippen LogP contribution < -0.4 is 5.32 Å². The topological polar surface area (TPSA) is 49.3 Å². The van der Waals surface area contributed by atoms with Crippen LogP contribution >= 0.6 is 0 Å². The molecule has 3 heteroatoms. The Morgan fingerprint density at radius 1 is 1.19 bits per heavy atom. The number of carbonyl (C=O) groups is 1. The van der Waals surface area contributed by atoms with E-state index in [4.69, 9.17) is 0 Å². The minimum atomic E-state index is -0.651. The van der Waals surface area contributed by atoms with Gasteiger partial charge in [0.25, 0.3) is 0 Å². The van der Waals surface area contributed by atoms with Crippen LogP contribution in [0.5, 0.6) is 0 Å². The largest absolute Gasteiger partial charge is 0.481 e. The highest BCUT2D eigenvalue weighted by atomic mass is 16.4. The van der Waals surface area contributed by atoms with Gasteiger partial charge in [0.15, 0.2) is 0 Å². The van der Waals surface area contributed by atoms with Crippen LogP contribution in [-0.2, 0) is 11.3 Å². The first kappa shape index (κ1) is 16.0. The Hall–Kier alpha value is -1.35. The van der Waals surface area contributed by atoms with Crippen LogP contribution in [0.2, 0.25) is 0 Å². The number of hydrogen-bond donors (Lipinski definition) is 2. The van der Waals surface area contributed by atoms with Crippen molar-refractivity contribution in [2.45, 2.75) is 39.7 Å². The third-order valence-corrected chi connectivity index (χ3v) is 4.64. The van der Waals surface area contributed by atoms with Crippen LogP contribution in [0.4, 0.5) is 0 Å². The Morgan fingerprint density at radius 3 is 2.38 bits per heavy atom. The lowest BCUT2D eigenvalue weighted by Crippen LogP contribution is -2.37. The summed E-state index contributed by atoms with van der Waals surface area (Å²) in [5.74, 6) is 0.690. The molecule has 0 amide bonds. The van der Waals surface area contributed by atoms with Crippen molar-refractivity contribution in [2.75, 3.05) is 6.54 Å². The van der Waals surface area contributed by atoms with E-state index in [9.17, 15) is 9.90 Å². The van der Waals surface area contributed by atoms with Crippen molar-refractivity contribution in [1.29, 1.82) is 0 Å². The first-order valence-electron chi connectivity index (χ1n) is 8.03. The third-order valence-electron chi connectivity index (χ3n) is 4.64. The Bertz CT molecular complexity index is 436. The Labute approximate surface area is 127 Å². The quantitative estimate of drug-likeness (QED) is 0.842. The van der Waals surface area contributed by atoms with Gasteiger partial charge in [-0.25, -0.2) is 0 Å². The number of nitrogens with one attached hydrogen (secondary N) is 1. The zero-order chi connectivity index (χ0) is 15.2. The van der Waals surface area contributed by atoms with E-state index in [1.54, 1.807) is 0 Å². The maximum absolute atomic E-state index is 11.6. The Kier molecular flexibility index (Phi) is 5.80. The summed E-state index contributed by atoms with van der Waals surface area (Å²) in [5.41, 5.74) is 1.20. The van der Waals surface area contributed by atoms with Crippen LogP contribution in [0.25, 0.3) is 0 Å². The van der Waals surface area contributed by atoms with E-state index >= 15 is 0 Å². The molecule has 0 aromatic heterocycles. The number of carboxylic acid groups (broad SMARTS) is 1. The molecule has 2 rings (SSSR count). The number of carboxylic acids is 1. The van der Waals surface area contributed by atoms with E-state index in [-0.39, 0.29) is 5.92 Å². The summed E-state index contributed by atoms with van der Waals surface area (Å²) in [7, 11) is 0. The number of rotatable bonds is 6. The molecule has 116 valence electrons. The van der Waals surface area contributed by atoms with Crippen molar-refractivity contribution in [3.05, 3.63) is 35.9 Å². The number of benzene rings is 1. The molecule has 3 nitrogen and oxygen atoms in total. The lowest BCUT2D eigenvalue weighted by Gasteiger charge is -2.35. The van der Waals surface area contributed by atoms with Gasteiger partial charge in [-0.1, -0.05) is 44.2 Å². The molecule has 1 fully saturated rings. The van der Waals surface area contributed by atoms with Crippen LogP contribution in [0.15, 0.2) is 30.3 Å². The standard InChI is InChI=1S/C18H27NO2/c1-13-8-14(2)10-16(9-13)17(18(20)21)12-19-11-15-6-4-3-5-7-15/h3-7,13-14,16-17,19H,8-12H2,1-2H3,(H,20,21)/t13-,14+,16+,17?. The van der Waals surface area contributed by atoms with Crippen molar-refractivity contribution >= 4 is 5.97 Å². The molecular formula is C18H27NO2. The maximum Gasteiger partial charge on any atom is 0.308 e. The summed E-state index contributed by atoms with van der Waals surface area (Å²) in [6, 6.07) is 10.1. The summed E-state index contributed by atoms with van der Waals surface area (Å²) < 4.78 is 0. The monoisotopic (exact) mass is 289 g/mol. The number of aliphatic carboxylic acids is 1. The molecule has 1 unspecified atom stereocenters. The normalized spacial score (nSPS) is 27.2. The van der Waals surface area contributed by atoms with Crippen molar-refractivity contribution in [3.8, 4) is 0 Å². The van der Waals surface area contributed by atoms with E-state index in [1.807, 2.05) is 18.2 Å². The average molecular weight is 289 g/mol. The molecule has 0 spiro atoms. The lowest BCUT2D eigenvalue weighted by molar-refractivity contribution is -0.144. The fourth-order valence-corrected chi connectivity index (χ4v) is 3.76. The van der Waals surface area contributed by atoms with Gasteiger partial charge in [0.05, 0.1) is 5.92 Å². The Morgan fingerprint density at radius 2 is 1.81 bits per heavy atom. The molecule has 0 heterocycles. The fraction of sp³-hybridized carbons (Fsp3) is 0.611. The summed E-state index contributed by atoms with van der Waals surface area (Å²) in [5, 5.41) is 12.9. The van der Waals surface area contributed by atoms with Gasteiger partial charge in [0.2, 0.25) is 0 Å². The van der Waals surface area contributed by atoms with Crippen molar-refractivity contribution in [2.24, 2.45) is 23.7 Å². The second-order valence-corrected chi connectivity index (χ2v) is 6.74. The van der Waals surface area contributed by atoms with E-state index in [0.29, 0.717) is 24.3 Å². The Balaban J connectivity index is 1.88.